The van der Waals surface area contributed by atoms with E-state index in [0.29, 0.717) is 11.1 Å². The van der Waals surface area contributed by atoms with E-state index in [1.165, 1.54) is 6.07 Å². The third-order valence-electron chi connectivity index (χ3n) is 3.71. The van der Waals surface area contributed by atoms with Gasteiger partial charge in [-0.25, -0.2) is 4.79 Å². The minimum Gasteiger partial charge on any atom is -0.497 e. The van der Waals surface area contributed by atoms with Gasteiger partial charge in [-0.3, -0.25) is 0 Å². The third kappa shape index (κ3) is 3.36. The summed E-state index contributed by atoms with van der Waals surface area (Å²) in [6, 6.07) is 20.2. The Kier molecular flexibility index (Phi) is 4.44. The smallest absolute Gasteiger partial charge is 0.338 e. The zero-order chi connectivity index (χ0) is 16.9. The van der Waals surface area contributed by atoms with Crippen LogP contribution in [0.5, 0.6) is 5.75 Å². The van der Waals surface area contributed by atoms with Crippen LogP contribution in [0.4, 0.5) is 0 Å². The molecule has 0 spiro atoms. The van der Waals surface area contributed by atoms with E-state index >= 15 is 0 Å². The van der Waals surface area contributed by atoms with Crippen LogP contribution in [0, 0.1) is 11.3 Å². The standard InChI is InChI=1S/C20H15NO3/c1-23-19-8-7-16-10-15(5-6-17(16)11-19)13-24-20(22)18-4-2-3-14(9-18)12-21/h2-11H,13H2,1H3. The summed E-state index contributed by atoms with van der Waals surface area (Å²) in [5.41, 5.74) is 1.71. The quantitative estimate of drug-likeness (QED) is 0.680. The van der Waals surface area contributed by atoms with Crippen molar-refractivity contribution in [2.75, 3.05) is 7.11 Å². The molecule has 24 heavy (non-hydrogen) atoms. The zero-order valence-electron chi connectivity index (χ0n) is 13.2. The van der Waals surface area contributed by atoms with E-state index in [2.05, 4.69) is 0 Å². The largest absolute Gasteiger partial charge is 0.497 e. The number of ether oxygens (including phenoxy) is 2. The molecular weight excluding hydrogens is 302 g/mol. The van der Waals surface area contributed by atoms with Crippen LogP contribution in [0.1, 0.15) is 21.5 Å². The number of nitriles is 1. The average molecular weight is 317 g/mol. The number of esters is 1. The van der Waals surface area contributed by atoms with Crippen LogP contribution in [0.2, 0.25) is 0 Å². The van der Waals surface area contributed by atoms with Crippen LogP contribution >= 0.6 is 0 Å². The van der Waals surface area contributed by atoms with E-state index in [9.17, 15) is 4.79 Å². The van der Waals surface area contributed by atoms with Gasteiger partial charge in [-0.1, -0.05) is 24.3 Å². The molecule has 0 aliphatic carbocycles. The Morgan fingerprint density at radius 3 is 2.62 bits per heavy atom. The number of benzene rings is 3. The maximum atomic E-state index is 12.1. The lowest BCUT2D eigenvalue weighted by Crippen LogP contribution is -2.05. The zero-order valence-corrected chi connectivity index (χ0v) is 13.2. The molecule has 0 radical (unpaired) electrons. The molecule has 4 nitrogen and oxygen atoms in total. The van der Waals surface area contributed by atoms with Gasteiger partial charge in [0.05, 0.1) is 24.3 Å². The molecule has 3 aromatic rings. The fourth-order valence-electron chi connectivity index (χ4n) is 2.44. The Labute approximate surface area is 139 Å². The fraction of sp³-hybridized carbons (Fsp3) is 0.100. The molecule has 0 saturated heterocycles. The first-order valence-electron chi connectivity index (χ1n) is 7.43. The van der Waals surface area contributed by atoms with Crippen molar-refractivity contribution < 1.29 is 14.3 Å². The van der Waals surface area contributed by atoms with Gasteiger partial charge in [-0.15, -0.1) is 0 Å². The second kappa shape index (κ2) is 6.84. The molecule has 3 aromatic carbocycles. The predicted molar refractivity (Wildman–Crippen MR) is 90.8 cm³/mol. The highest BCUT2D eigenvalue weighted by atomic mass is 16.5. The van der Waals surface area contributed by atoms with Gasteiger partial charge in [-0.05, 0) is 52.7 Å². The minimum absolute atomic E-state index is 0.178. The van der Waals surface area contributed by atoms with E-state index in [4.69, 9.17) is 14.7 Å². The predicted octanol–water partition coefficient (Wildman–Crippen LogP) is 4.08. The van der Waals surface area contributed by atoms with Crippen molar-refractivity contribution in [2.24, 2.45) is 0 Å². The molecule has 0 aliphatic rings. The monoisotopic (exact) mass is 317 g/mol. The van der Waals surface area contributed by atoms with Gasteiger partial charge in [0.25, 0.3) is 0 Å². The van der Waals surface area contributed by atoms with Gasteiger partial charge < -0.3 is 9.47 Å². The number of hydrogen-bond acceptors (Lipinski definition) is 4. The van der Waals surface area contributed by atoms with Crippen LogP contribution in [-0.2, 0) is 11.3 Å². The number of fused-ring (bicyclic) bond motifs is 1. The summed E-state index contributed by atoms with van der Waals surface area (Å²) >= 11 is 0. The van der Waals surface area contributed by atoms with Crippen molar-refractivity contribution in [3.05, 3.63) is 77.4 Å². The topological polar surface area (TPSA) is 59.3 Å². The van der Waals surface area contributed by atoms with Gasteiger partial charge >= 0.3 is 5.97 Å². The minimum atomic E-state index is -0.443. The third-order valence-corrected chi connectivity index (χ3v) is 3.71. The van der Waals surface area contributed by atoms with Crippen molar-refractivity contribution in [2.45, 2.75) is 6.61 Å². The molecule has 0 amide bonds. The molecule has 0 bridgehead atoms. The van der Waals surface area contributed by atoms with Gasteiger partial charge in [0.15, 0.2) is 0 Å². The fourth-order valence-corrected chi connectivity index (χ4v) is 2.44. The maximum absolute atomic E-state index is 12.1. The Hall–Kier alpha value is -3.32. The first-order valence-corrected chi connectivity index (χ1v) is 7.43. The van der Waals surface area contributed by atoms with E-state index in [1.54, 1.807) is 25.3 Å². The number of rotatable bonds is 4. The number of carbonyl (C=O) groups is 1. The Morgan fingerprint density at radius 1 is 1.04 bits per heavy atom. The van der Waals surface area contributed by atoms with Crippen molar-refractivity contribution in [1.29, 1.82) is 5.26 Å². The molecule has 0 aromatic heterocycles. The van der Waals surface area contributed by atoms with Crippen LogP contribution in [-0.4, -0.2) is 13.1 Å². The van der Waals surface area contributed by atoms with E-state index in [-0.39, 0.29) is 6.61 Å². The highest BCUT2D eigenvalue weighted by Crippen LogP contribution is 2.22. The summed E-state index contributed by atoms with van der Waals surface area (Å²) in [5, 5.41) is 11.0. The summed E-state index contributed by atoms with van der Waals surface area (Å²) in [6.45, 7) is 0.178. The molecular formula is C20H15NO3. The highest BCUT2D eigenvalue weighted by molar-refractivity contribution is 5.90. The summed E-state index contributed by atoms with van der Waals surface area (Å²) in [6.07, 6.45) is 0. The molecule has 0 saturated carbocycles. The normalized spacial score (nSPS) is 10.2. The number of nitrogens with zero attached hydrogens (tertiary/aromatic N) is 1. The molecule has 0 fully saturated rings. The van der Waals surface area contributed by atoms with Crippen molar-refractivity contribution in [3.63, 3.8) is 0 Å². The van der Waals surface area contributed by atoms with Gasteiger partial charge in [0.1, 0.15) is 12.4 Å². The number of hydrogen-bond donors (Lipinski definition) is 0. The van der Waals surface area contributed by atoms with Crippen molar-refractivity contribution in [3.8, 4) is 11.8 Å². The highest BCUT2D eigenvalue weighted by Gasteiger charge is 2.08. The van der Waals surface area contributed by atoms with Crippen LogP contribution in [0.25, 0.3) is 10.8 Å². The molecule has 4 heteroatoms. The Morgan fingerprint density at radius 2 is 1.83 bits per heavy atom. The van der Waals surface area contributed by atoms with Gasteiger partial charge in [0, 0.05) is 0 Å². The molecule has 0 atom stereocenters. The molecule has 0 heterocycles. The molecule has 3 rings (SSSR count). The number of methoxy groups -OCH3 is 1. The summed E-state index contributed by atoms with van der Waals surface area (Å²) < 4.78 is 10.5. The molecule has 0 N–H and O–H groups in total. The molecule has 118 valence electrons. The van der Waals surface area contributed by atoms with E-state index in [1.807, 2.05) is 42.5 Å². The second-order valence-electron chi connectivity index (χ2n) is 5.32. The molecule has 0 unspecified atom stereocenters. The van der Waals surface area contributed by atoms with Crippen LogP contribution < -0.4 is 4.74 Å². The SMILES string of the molecule is COc1ccc2cc(COC(=O)c3cccc(C#N)c3)ccc2c1. The molecule has 0 aliphatic heterocycles. The van der Waals surface area contributed by atoms with Crippen LogP contribution in [0.3, 0.4) is 0 Å². The second-order valence-corrected chi connectivity index (χ2v) is 5.32. The number of carbonyl (C=O) groups excluding carboxylic acids is 1. The lowest BCUT2D eigenvalue weighted by molar-refractivity contribution is 0.0473. The summed E-state index contributed by atoms with van der Waals surface area (Å²) in [4.78, 5) is 12.1. The Balaban J connectivity index is 1.73. The van der Waals surface area contributed by atoms with E-state index in [0.717, 1.165) is 22.1 Å². The van der Waals surface area contributed by atoms with Crippen LogP contribution in [0.15, 0.2) is 60.7 Å². The maximum Gasteiger partial charge on any atom is 0.338 e. The average Bonchev–Trinajstić information content (AvgIpc) is 2.65. The van der Waals surface area contributed by atoms with Crippen molar-refractivity contribution >= 4 is 16.7 Å². The first kappa shape index (κ1) is 15.6. The van der Waals surface area contributed by atoms with E-state index < -0.39 is 5.97 Å². The summed E-state index contributed by atoms with van der Waals surface area (Å²) in [7, 11) is 1.64. The van der Waals surface area contributed by atoms with Crippen molar-refractivity contribution in [1.82, 2.24) is 0 Å². The van der Waals surface area contributed by atoms with Gasteiger partial charge in [-0.2, -0.15) is 5.26 Å². The Bertz CT molecular complexity index is 941. The first-order chi connectivity index (χ1) is 11.7. The summed E-state index contributed by atoms with van der Waals surface area (Å²) in [5.74, 6) is 0.362. The lowest BCUT2D eigenvalue weighted by Gasteiger charge is -2.07. The van der Waals surface area contributed by atoms with Gasteiger partial charge in [0.2, 0.25) is 0 Å². The lowest BCUT2D eigenvalue weighted by atomic mass is 10.1.